The van der Waals surface area contributed by atoms with Gasteiger partial charge in [0.2, 0.25) is 0 Å². The Morgan fingerprint density at radius 1 is 1.05 bits per heavy atom. The molecule has 2 aliphatic rings. The van der Waals surface area contributed by atoms with Crippen LogP contribution < -0.4 is 16.6 Å². The molecular weight excluding hydrogens is 544 g/mol. The molecule has 3 N–H and O–H groups in total. The molecule has 2 aromatic carbocycles. The minimum absolute atomic E-state index is 0.0195. The van der Waals surface area contributed by atoms with Crippen molar-refractivity contribution in [1.82, 2.24) is 9.55 Å². The van der Waals surface area contributed by atoms with E-state index < -0.39 is 61.4 Å². The highest BCUT2D eigenvalue weighted by molar-refractivity contribution is 7.92. The Hall–Kier alpha value is -3.35. The van der Waals surface area contributed by atoms with Crippen LogP contribution >= 0.6 is 11.6 Å². The Kier molecular flexibility index (Phi) is 6.52. The zero-order valence-electron chi connectivity index (χ0n) is 19.7. The number of benzene rings is 2. The number of fused-ring (bicyclic) bond motifs is 2. The maximum Gasteiger partial charge on any atom is 0.330 e. The first kappa shape index (κ1) is 26.3. The van der Waals surface area contributed by atoms with Crippen molar-refractivity contribution in [3.8, 4) is 0 Å². The molecular formula is C25H22ClF2N3O6S. The highest BCUT2D eigenvalue weighted by Crippen LogP contribution is 2.54. The van der Waals surface area contributed by atoms with Crippen molar-refractivity contribution in [2.45, 2.75) is 41.6 Å². The van der Waals surface area contributed by atoms with E-state index in [4.69, 9.17) is 11.6 Å². The number of H-pyrrole nitrogens is 1. The second-order valence-corrected chi connectivity index (χ2v) is 12.2. The number of carbonyl (C=O) groups is 1. The number of carbonyl (C=O) groups excluding carboxylic acids is 1. The van der Waals surface area contributed by atoms with Crippen molar-refractivity contribution in [2.24, 2.45) is 11.8 Å². The van der Waals surface area contributed by atoms with E-state index in [-0.39, 0.29) is 34.0 Å². The third-order valence-electron chi connectivity index (χ3n) is 7.49. The van der Waals surface area contributed by atoms with E-state index in [0.717, 1.165) is 34.9 Å². The average Bonchev–Trinajstić information content (AvgIpc) is 3.02. The van der Waals surface area contributed by atoms with E-state index >= 15 is 0 Å². The Balaban J connectivity index is 1.42. The van der Waals surface area contributed by atoms with Gasteiger partial charge in [-0.3, -0.25) is 19.1 Å². The summed E-state index contributed by atoms with van der Waals surface area (Å²) in [5, 5.41) is 12.9. The number of anilines is 1. The van der Waals surface area contributed by atoms with Gasteiger partial charge in [0.25, 0.3) is 11.5 Å². The molecule has 200 valence electrons. The number of amides is 1. The minimum atomic E-state index is -4.09. The van der Waals surface area contributed by atoms with Crippen molar-refractivity contribution in [3.05, 3.63) is 91.7 Å². The van der Waals surface area contributed by atoms with Gasteiger partial charge in [0.1, 0.15) is 0 Å². The summed E-state index contributed by atoms with van der Waals surface area (Å²) in [6.07, 6.45) is 2.23. The van der Waals surface area contributed by atoms with E-state index in [0.29, 0.717) is 12.8 Å². The Morgan fingerprint density at radius 2 is 1.74 bits per heavy atom. The number of hydrogen-bond acceptors (Lipinski definition) is 6. The molecule has 4 atom stereocenters. The monoisotopic (exact) mass is 565 g/mol. The fourth-order valence-electron chi connectivity index (χ4n) is 5.64. The van der Waals surface area contributed by atoms with Gasteiger partial charge in [-0.25, -0.2) is 22.0 Å². The van der Waals surface area contributed by atoms with Gasteiger partial charge >= 0.3 is 5.69 Å². The molecule has 0 unspecified atom stereocenters. The lowest BCUT2D eigenvalue weighted by Crippen LogP contribution is -2.54. The van der Waals surface area contributed by atoms with Crippen molar-refractivity contribution >= 4 is 33.0 Å². The average molecular weight is 566 g/mol. The molecule has 2 aliphatic carbocycles. The molecule has 13 heteroatoms. The maximum absolute atomic E-state index is 13.7. The third-order valence-corrected chi connectivity index (χ3v) is 10.1. The highest BCUT2D eigenvalue weighted by atomic mass is 35.5. The molecule has 2 saturated carbocycles. The summed E-state index contributed by atoms with van der Waals surface area (Å²) < 4.78 is 55.2. The number of aliphatic hydroxyl groups is 1. The van der Waals surface area contributed by atoms with Crippen LogP contribution in [0.3, 0.4) is 0 Å². The maximum atomic E-state index is 13.7. The summed E-state index contributed by atoms with van der Waals surface area (Å²) in [5.74, 6) is -4.15. The van der Waals surface area contributed by atoms with Crippen molar-refractivity contribution in [1.29, 1.82) is 0 Å². The number of nitrogens with zero attached hydrogens (tertiary/aromatic N) is 1. The minimum Gasteiger partial charge on any atom is -0.370 e. The van der Waals surface area contributed by atoms with Crippen LogP contribution in [0.4, 0.5) is 14.5 Å². The van der Waals surface area contributed by atoms with Gasteiger partial charge in [-0.05, 0) is 56.0 Å². The lowest BCUT2D eigenvalue weighted by atomic mass is 9.80. The number of halogens is 3. The van der Waals surface area contributed by atoms with Gasteiger partial charge < -0.3 is 10.4 Å². The molecule has 3 aromatic rings. The second kappa shape index (κ2) is 9.44. The first-order valence-electron chi connectivity index (χ1n) is 11.8. The molecule has 1 heterocycles. The van der Waals surface area contributed by atoms with Crippen LogP contribution in [0.15, 0.2) is 63.1 Å². The molecule has 38 heavy (non-hydrogen) atoms. The summed E-state index contributed by atoms with van der Waals surface area (Å²) in [5.41, 5.74) is -3.12. The van der Waals surface area contributed by atoms with Gasteiger partial charge in [0.05, 0.1) is 15.2 Å². The highest BCUT2D eigenvalue weighted by Gasteiger charge is 2.57. The fraction of sp³-hybridized carbons (Fsp3) is 0.320. The van der Waals surface area contributed by atoms with Crippen molar-refractivity contribution in [2.75, 3.05) is 5.32 Å². The van der Waals surface area contributed by atoms with Crippen LogP contribution in [0.2, 0.25) is 5.02 Å². The standard InChI is InChI=1S/C25H22ClF2N3O6S/c26-18-5-1-13(23(33)29-16-4-6-19(27)20(28)12-16)9-21(18)38(36,37)17-10-14-2-3-15(11-17)25(14,35)31-8-7-22(32)30-24(31)34/h1,4-9,12,14-15,17,35H,2-3,10-11H2,(H,29,33)(H,30,32,34)/t14-,15+,17-,25-. The van der Waals surface area contributed by atoms with Crippen LogP contribution in [0.5, 0.6) is 0 Å². The fourth-order valence-corrected chi connectivity index (χ4v) is 8.04. The number of aromatic nitrogens is 2. The first-order chi connectivity index (χ1) is 17.9. The van der Waals surface area contributed by atoms with Gasteiger partial charge in [-0.1, -0.05) is 11.6 Å². The zero-order chi connectivity index (χ0) is 27.4. The molecule has 1 amide bonds. The van der Waals surface area contributed by atoms with E-state index in [1.807, 2.05) is 0 Å². The molecule has 2 bridgehead atoms. The molecule has 5 rings (SSSR count). The number of sulfone groups is 1. The summed E-state index contributed by atoms with van der Waals surface area (Å²) in [7, 11) is -4.09. The van der Waals surface area contributed by atoms with Crippen LogP contribution in [0.1, 0.15) is 36.0 Å². The summed E-state index contributed by atoms with van der Waals surface area (Å²) in [6.45, 7) is 0. The third kappa shape index (κ3) is 4.36. The first-order valence-corrected chi connectivity index (χ1v) is 13.7. The predicted octanol–water partition coefficient (Wildman–Crippen LogP) is 3.03. The Labute approximate surface area is 220 Å². The normalized spacial score (nSPS) is 24.8. The zero-order valence-corrected chi connectivity index (χ0v) is 21.2. The molecule has 0 radical (unpaired) electrons. The van der Waals surface area contributed by atoms with Crippen LogP contribution in [-0.4, -0.2) is 34.2 Å². The topological polar surface area (TPSA) is 138 Å². The Bertz CT molecular complexity index is 1660. The molecule has 2 fully saturated rings. The summed E-state index contributed by atoms with van der Waals surface area (Å²) in [6, 6.07) is 7.64. The van der Waals surface area contributed by atoms with Gasteiger partial charge in [0, 0.05) is 41.4 Å². The molecule has 1 aromatic heterocycles. The van der Waals surface area contributed by atoms with E-state index in [1.165, 1.54) is 18.3 Å². The van der Waals surface area contributed by atoms with Crippen molar-refractivity contribution < 1.29 is 27.1 Å². The van der Waals surface area contributed by atoms with Crippen LogP contribution in [-0.2, 0) is 15.6 Å². The summed E-state index contributed by atoms with van der Waals surface area (Å²) >= 11 is 6.25. The number of rotatable bonds is 5. The molecule has 0 saturated heterocycles. The predicted molar refractivity (Wildman–Crippen MR) is 134 cm³/mol. The van der Waals surface area contributed by atoms with Gasteiger partial charge in [-0.15, -0.1) is 0 Å². The van der Waals surface area contributed by atoms with E-state index in [2.05, 4.69) is 10.3 Å². The summed E-state index contributed by atoms with van der Waals surface area (Å²) in [4.78, 5) is 38.5. The van der Waals surface area contributed by atoms with Gasteiger partial charge in [-0.2, -0.15) is 0 Å². The SMILES string of the molecule is O=C(Nc1ccc(F)c(F)c1)c1ccc(Cl)c(S(=O)(=O)[C@@H]2C[C@H]3CC[C@@H](C2)[C@@]3(O)n2ccc(=O)[nH]c2=O)c1. The molecule has 9 nitrogen and oxygen atoms in total. The quantitative estimate of drug-likeness (QED) is 0.435. The van der Waals surface area contributed by atoms with E-state index in [9.17, 15) is 36.7 Å². The smallest absolute Gasteiger partial charge is 0.330 e. The van der Waals surface area contributed by atoms with Crippen molar-refractivity contribution in [3.63, 3.8) is 0 Å². The lowest BCUT2D eigenvalue weighted by Gasteiger charge is -2.43. The second-order valence-electron chi connectivity index (χ2n) is 9.60. The van der Waals surface area contributed by atoms with Crippen LogP contribution in [0.25, 0.3) is 0 Å². The number of nitrogens with one attached hydrogen (secondary N) is 2. The Morgan fingerprint density at radius 3 is 2.37 bits per heavy atom. The largest absolute Gasteiger partial charge is 0.370 e. The van der Waals surface area contributed by atoms with Gasteiger partial charge in [0.15, 0.2) is 27.2 Å². The molecule has 0 spiro atoms. The number of hydrogen-bond donors (Lipinski definition) is 3. The lowest BCUT2D eigenvalue weighted by molar-refractivity contribution is -0.132. The van der Waals surface area contributed by atoms with Crippen LogP contribution in [0, 0.1) is 23.5 Å². The number of aromatic amines is 1. The molecule has 0 aliphatic heterocycles. The van der Waals surface area contributed by atoms with E-state index in [1.54, 1.807) is 0 Å².